The van der Waals surface area contributed by atoms with Gasteiger partial charge in [-0.3, -0.25) is 4.79 Å². The molecular formula is C27H20Br2N2O4. The number of nitrogens with zero attached hydrogens (tertiary/aromatic N) is 1. The van der Waals surface area contributed by atoms with Crippen molar-refractivity contribution in [3.63, 3.8) is 0 Å². The molecule has 1 amide bonds. The van der Waals surface area contributed by atoms with Crippen LogP contribution >= 0.6 is 31.9 Å². The van der Waals surface area contributed by atoms with Crippen LogP contribution in [0.2, 0.25) is 0 Å². The lowest BCUT2D eigenvalue weighted by atomic mass is 10.2. The minimum Gasteiger partial charge on any atom is -0.506 e. The monoisotopic (exact) mass is 594 g/mol. The zero-order valence-corrected chi connectivity index (χ0v) is 21.5. The highest BCUT2D eigenvalue weighted by Gasteiger charge is 2.08. The van der Waals surface area contributed by atoms with Crippen molar-refractivity contribution in [3.8, 4) is 23.0 Å². The van der Waals surface area contributed by atoms with E-state index in [1.165, 1.54) is 6.21 Å². The number of amides is 1. The molecule has 35 heavy (non-hydrogen) atoms. The molecule has 4 aromatic rings. The molecular weight excluding hydrogens is 576 g/mol. The Labute approximate surface area is 219 Å². The summed E-state index contributed by atoms with van der Waals surface area (Å²) < 4.78 is 12.8. The third-order valence-electron chi connectivity index (χ3n) is 4.80. The SMILES string of the molecule is O=C(NN=Cc1cc(Br)c(O)c(Br)c1)c1cccc(Oc2cccc(OCc3ccccc3)c2)c1. The van der Waals surface area contributed by atoms with Crippen LogP contribution < -0.4 is 14.9 Å². The summed E-state index contributed by atoms with van der Waals surface area (Å²) in [5, 5.41) is 13.8. The van der Waals surface area contributed by atoms with Gasteiger partial charge in [-0.2, -0.15) is 5.10 Å². The van der Waals surface area contributed by atoms with E-state index < -0.39 is 0 Å². The van der Waals surface area contributed by atoms with Crippen molar-refractivity contribution in [3.05, 3.63) is 117 Å². The van der Waals surface area contributed by atoms with Gasteiger partial charge in [0.15, 0.2) is 0 Å². The maximum atomic E-state index is 12.5. The number of phenols is 1. The maximum Gasteiger partial charge on any atom is 0.271 e. The normalized spacial score (nSPS) is 10.8. The van der Waals surface area contributed by atoms with Gasteiger partial charge >= 0.3 is 0 Å². The fourth-order valence-corrected chi connectivity index (χ4v) is 4.32. The standard InChI is InChI=1S/C27H20Br2N2O4/c28-24-12-19(13-25(29)26(24)32)16-30-31-27(33)20-8-4-10-22(14-20)35-23-11-5-9-21(15-23)34-17-18-6-2-1-3-7-18/h1-16,32H,17H2,(H,31,33). The van der Waals surface area contributed by atoms with Gasteiger partial charge in [-0.15, -0.1) is 0 Å². The summed E-state index contributed by atoms with van der Waals surface area (Å²) in [6.45, 7) is 0.457. The van der Waals surface area contributed by atoms with Crippen LogP contribution in [0, 0.1) is 0 Å². The van der Waals surface area contributed by atoms with Gasteiger partial charge in [-0.25, -0.2) is 5.43 Å². The summed E-state index contributed by atoms with van der Waals surface area (Å²) in [5.41, 5.74) is 4.65. The summed E-state index contributed by atoms with van der Waals surface area (Å²) in [7, 11) is 0. The van der Waals surface area contributed by atoms with Gasteiger partial charge in [0.1, 0.15) is 29.6 Å². The Morgan fingerprint density at radius 2 is 1.51 bits per heavy atom. The Bertz CT molecular complexity index is 1340. The number of rotatable bonds is 8. The number of benzene rings is 4. The Morgan fingerprint density at radius 3 is 2.26 bits per heavy atom. The number of hydrazone groups is 1. The molecule has 0 aromatic heterocycles. The van der Waals surface area contributed by atoms with Crippen molar-refractivity contribution in [2.24, 2.45) is 5.10 Å². The molecule has 4 rings (SSSR count). The van der Waals surface area contributed by atoms with E-state index in [0.717, 1.165) is 5.56 Å². The molecule has 0 aliphatic heterocycles. The largest absolute Gasteiger partial charge is 0.506 e. The van der Waals surface area contributed by atoms with Gasteiger partial charge in [-0.1, -0.05) is 42.5 Å². The topological polar surface area (TPSA) is 80.2 Å². The Morgan fingerprint density at radius 1 is 0.857 bits per heavy atom. The number of hydrogen-bond acceptors (Lipinski definition) is 5. The second kappa shape index (κ2) is 11.7. The van der Waals surface area contributed by atoms with Gasteiger partial charge < -0.3 is 14.6 Å². The highest BCUT2D eigenvalue weighted by Crippen LogP contribution is 2.32. The first kappa shape index (κ1) is 24.5. The van der Waals surface area contributed by atoms with Crippen molar-refractivity contribution in [2.75, 3.05) is 0 Å². The van der Waals surface area contributed by atoms with Gasteiger partial charge in [0, 0.05) is 11.6 Å². The summed E-state index contributed by atoms with van der Waals surface area (Å²) in [5.74, 6) is 1.49. The first-order valence-corrected chi connectivity index (χ1v) is 12.1. The van der Waals surface area contributed by atoms with Gasteiger partial charge in [0.05, 0.1) is 15.2 Å². The number of ether oxygens (including phenoxy) is 2. The first-order valence-electron chi connectivity index (χ1n) is 10.5. The molecule has 0 bridgehead atoms. The lowest BCUT2D eigenvalue weighted by molar-refractivity contribution is 0.0955. The number of hydrogen-bond donors (Lipinski definition) is 2. The molecule has 0 heterocycles. The van der Waals surface area contributed by atoms with E-state index >= 15 is 0 Å². The molecule has 176 valence electrons. The van der Waals surface area contributed by atoms with Crippen molar-refractivity contribution < 1.29 is 19.4 Å². The van der Waals surface area contributed by atoms with Crippen LogP contribution in [0.1, 0.15) is 21.5 Å². The van der Waals surface area contributed by atoms with E-state index in [1.807, 2.05) is 48.5 Å². The third-order valence-corrected chi connectivity index (χ3v) is 6.01. The van der Waals surface area contributed by atoms with E-state index in [2.05, 4.69) is 42.4 Å². The predicted molar refractivity (Wildman–Crippen MR) is 142 cm³/mol. The first-order chi connectivity index (χ1) is 17.0. The van der Waals surface area contributed by atoms with Gasteiger partial charge in [0.25, 0.3) is 5.91 Å². The second-order valence-corrected chi connectivity index (χ2v) is 9.12. The molecule has 0 fully saturated rings. The van der Waals surface area contributed by atoms with Crippen molar-refractivity contribution in [1.29, 1.82) is 0 Å². The highest BCUT2D eigenvalue weighted by molar-refractivity contribution is 9.11. The van der Waals surface area contributed by atoms with E-state index in [4.69, 9.17) is 9.47 Å². The minimum atomic E-state index is -0.386. The van der Waals surface area contributed by atoms with Crippen LogP contribution in [0.4, 0.5) is 0 Å². The molecule has 4 aromatic carbocycles. The maximum absolute atomic E-state index is 12.5. The molecule has 0 spiro atoms. The van der Waals surface area contributed by atoms with Gasteiger partial charge in [0.2, 0.25) is 0 Å². The average molecular weight is 596 g/mol. The van der Waals surface area contributed by atoms with E-state index in [0.29, 0.717) is 43.9 Å². The summed E-state index contributed by atoms with van der Waals surface area (Å²) in [6, 6.07) is 27.4. The van der Waals surface area contributed by atoms with Crippen LogP contribution in [-0.4, -0.2) is 17.2 Å². The van der Waals surface area contributed by atoms with Crippen LogP contribution in [0.5, 0.6) is 23.0 Å². The zero-order valence-electron chi connectivity index (χ0n) is 18.3. The van der Waals surface area contributed by atoms with Crippen molar-refractivity contribution >= 4 is 44.0 Å². The Balaban J connectivity index is 1.37. The minimum absolute atomic E-state index is 0.0938. The molecule has 0 unspecified atom stereocenters. The molecule has 0 aliphatic carbocycles. The Kier molecular flexibility index (Phi) is 8.18. The highest BCUT2D eigenvalue weighted by atomic mass is 79.9. The molecule has 0 radical (unpaired) electrons. The van der Waals surface area contributed by atoms with Crippen molar-refractivity contribution in [1.82, 2.24) is 5.43 Å². The number of carbonyl (C=O) groups is 1. The lowest BCUT2D eigenvalue weighted by Crippen LogP contribution is -2.17. The van der Waals surface area contributed by atoms with Crippen LogP contribution in [0.15, 0.2) is 105 Å². The summed E-state index contributed by atoms with van der Waals surface area (Å²) in [4.78, 5) is 12.5. The smallest absolute Gasteiger partial charge is 0.271 e. The quantitative estimate of drug-likeness (QED) is 0.169. The van der Waals surface area contributed by atoms with Crippen molar-refractivity contribution in [2.45, 2.75) is 6.61 Å². The Hall–Kier alpha value is -3.62. The summed E-state index contributed by atoms with van der Waals surface area (Å²) >= 11 is 6.52. The van der Waals surface area contributed by atoms with Gasteiger partial charge in [-0.05, 0) is 85.5 Å². The fraction of sp³-hybridized carbons (Fsp3) is 0.0370. The number of carbonyl (C=O) groups excluding carboxylic acids is 1. The fourth-order valence-electron chi connectivity index (χ4n) is 3.09. The molecule has 8 heteroatoms. The van der Waals surface area contributed by atoms with E-state index in [1.54, 1.807) is 42.5 Å². The van der Waals surface area contributed by atoms with Crippen LogP contribution in [0.25, 0.3) is 0 Å². The molecule has 0 saturated heterocycles. The molecule has 2 N–H and O–H groups in total. The number of nitrogens with one attached hydrogen (secondary N) is 1. The van der Waals surface area contributed by atoms with Crippen LogP contribution in [-0.2, 0) is 6.61 Å². The molecule has 0 saturated carbocycles. The third kappa shape index (κ3) is 6.94. The van der Waals surface area contributed by atoms with E-state index in [9.17, 15) is 9.90 Å². The second-order valence-electron chi connectivity index (χ2n) is 7.41. The molecule has 6 nitrogen and oxygen atoms in total. The van der Waals surface area contributed by atoms with E-state index in [-0.39, 0.29) is 11.7 Å². The number of aromatic hydroxyl groups is 1. The number of halogens is 2. The average Bonchev–Trinajstić information content (AvgIpc) is 2.87. The summed E-state index contributed by atoms with van der Waals surface area (Å²) in [6.07, 6.45) is 1.48. The zero-order chi connectivity index (χ0) is 24.6. The molecule has 0 atom stereocenters. The molecule has 0 aliphatic rings. The predicted octanol–water partition coefficient (Wildman–Crippen LogP) is 7.05. The van der Waals surface area contributed by atoms with Crippen LogP contribution in [0.3, 0.4) is 0 Å². The lowest BCUT2D eigenvalue weighted by Gasteiger charge is -2.10. The number of phenolic OH excluding ortho intramolecular Hbond substituents is 1.